The molecule has 0 bridgehead atoms. The topological polar surface area (TPSA) is 75.4 Å². The van der Waals surface area contributed by atoms with Crippen molar-refractivity contribution in [3.63, 3.8) is 0 Å². The Morgan fingerprint density at radius 3 is 2.60 bits per heavy atom. The number of aliphatic hydroxyl groups is 1. The summed E-state index contributed by atoms with van der Waals surface area (Å²) < 4.78 is 28.5. The van der Waals surface area contributed by atoms with Gasteiger partial charge in [0.2, 0.25) is 0 Å². The van der Waals surface area contributed by atoms with Gasteiger partial charge in [-0.15, -0.1) is 0 Å². The molecule has 0 saturated heterocycles. The van der Waals surface area contributed by atoms with Gasteiger partial charge in [-0.3, -0.25) is 0 Å². The second-order valence-corrected chi connectivity index (χ2v) is 6.94. The van der Waals surface area contributed by atoms with Crippen molar-refractivity contribution in [1.82, 2.24) is 13.9 Å². The maximum atomic E-state index is 12.6. The molecule has 1 N–H and O–H groups in total. The van der Waals surface area contributed by atoms with E-state index in [9.17, 15) is 8.42 Å². The molecule has 20 heavy (non-hydrogen) atoms. The van der Waals surface area contributed by atoms with Crippen LogP contribution in [0.25, 0.3) is 0 Å². The fourth-order valence-electron chi connectivity index (χ4n) is 2.07. The van der Waals surface area contributed by atoms with Crippen LogP contribution in [0.1, 0.15) is 39.4 Å². The summed E-state index contributed by atoms with van der Waals surface area (Å²) in [4.78, 5) is 4.18. The Morgan fingerprint density at radius 1 is 1.45 bits per heavy atom. The van der Waals surface area contributed by atoms with E-state index < -0.39 is 10.0 Å². The molecule has 0 aliphatic carbocycles. The van der Waals surface area contributed by atoms with Gasteiger partial charge in [0.1, 0.15) is 5.82 Å². The van der Waals surface area contributed by atoms with Gasteiger partial charge >= 0.3 is 0 Å². The zero-order chi connectivity index (χ0) is 15.3. The molecule has 0 saturated carbocycles. The highest BCUT2D eigenvalue weighted by Crippen LogP contribution is 2.18. The number of aryl methyl sites for hydroxylation is 2. The molecular formula is C13H25N3O3S. The van der Waals surface area contributed by atoms with E-state index >= 15 is 0 Å². The number of nitrogens with zero attached hydrogens (tertiary/aromatic N) is 3. The largest absolute Gasteiger partial charge is 0.396 e. The van der Waals surface area contributed by atoms with Crippen LogP contribution in [0, 0.1) is 6.92 Å². The predicted molar refractivity (Wildman–Crippen MR) is 78.0 cm³/mol. The number of aromatic nitrogens is 2. The lowest BCUT2D eigenvalue weighted by Crippen LogP contribution is -2.38. The molecule has 0 atom stereocenters. The summed E-state index contributed by atoms with van der Waals surface area (Å²) in [7, 11) is -3.60. The summed E-state index contributed by atoms with van der Waals surface area (Å²) in [6, 6.07) is -0.164. The van der Waals surface area contributed by atoms with Gasteiger partial charge in [-0.2, -0.15) is 4.31 Å². The van der Waals surface area contributed by atoms with Crippen LogP contribution in [0.4, 0.5) is 0 Å². The summed E-state index contributed by atoms with van der Waals surface area (Å²) in [5.41, 5.74) is 0. The van der Waals surface area contributed by atoms with E-state index in [0.717, 1.165) is 13.0 Å². The molecule has 7 heteroatoms. The van der Waals surface area contributed by atoms with Crippen LogP contribution in [-0.2, 0) is 16.6 Å². The molecule has 0 aliphatic rings. The van der Waals surface area contributed by atoms with Crippen LogP contribution in [0.5, 0.6) is 0 Å². The van der Waals surface area contributed by atoms with E-state index in [0.29, 0.717) is 18.8 Å². The Morgan fingerprint density at radius 2 is 2.10 bits per heavy atom. The molecule has 1 aromatic heterocycles. The average Bonchev–Trinajstić information content (AvgIpc) is 2.72. The van der Waals surface area contributed by atoms with E-state index in [2.05, 4.69) is 4.98 Å². The summed E-state index contributed by atoms with van der Waals surface area (Å²) in [6.07, 6.45) is 2.95. The first-order chi connectivity index (χ1) is 9.34. The lowest BCUT2D eigenvalue weighted by Gasteiger charge is -2.24. The van der Waals surface area contributed by atoms with E-state index in [4.69, 9.17) is 5.11 Å². The molecule has 0 spiro atoms. The second-order valence-electron chi connectivity index (χ2n) is 5.11. The van der Waals surface area contributed by atoms with Crippen molar-refractivity contribution >= 4 is 10.0 Å². The minimum absolute atomic E-state index is 0.0258. The molecule has 0 aromatic carbocycles. The van der Waals surface area contributed by atoms with Crippen LogP contribution in [0.2, 0.25) is 0 Å². The second kappa shape index (κ2) is 7.19. The minimum atomic E-state index is -3.60. The van der Waals surface area contributed by atoms with Crippen molar-refractivity contribution in [2.24, 2.45) is 0 Å². The maximum absolute atomic E-state index is 12.6. The molecule has 1 aromatic rings. The Hall–Kier alpha value is -0.920. The zero-order valence-electron chi connectivity index (χ0n) is 12.7. The number of rotatable bonds is 8. The molecule has 0 fully saturated rings. The number of hydrogen-bond acceptors (Lipinski definition) is 4. The zero-order valence-corrected chi connectivity index (χ0v) is 13.5. The van der Waals surface area contributed by atoms with E-state index in [1.165, 1.54) is 4.31 Å². The third kappa shape index (κ3) is 3.80. The van der Waals surface area contributed by atoms with Gasteiger partial charge in [-0.25, -0.2) is 13.4 Å². The number of sulfonamides is 1. The summed E-state index contributed by atoms with van der Waals surface area (Å²) in [6.45, 7) is 8.53. The number of hydrogen-bond donors (Lipinski definition) is 1. The normalized spacial score (nSPS) is 12.6. The van der Waals surface area contributed by atoms with Gasteiger partial charge in [0.15, 0.2) is 5.03 Å². The van der Waals surface area contributed by atoms with Crippen molar-refractivity contribution < 1.29 is 13.5 Å². The van der Waals surface area contributed by atoms with Gasteiger partial charge in [0.05, 0.1) is 0 Å². The third-order valence-corrected chi connectivity index (χ3v) is 5.05. The van der Waals surface area contributed by atoms with E-state index in [1.807, 2.05) is 32.3 Å². The minimum Gasteiger partial charge on any atom is -0.396 e. The van der Waals surface area contributed by atoms with Gasteiger partial charge in [0.25, 0.3) is 10.0 Å². The Labute approximate surface area is 121 Å². The van der Waals surface area contributed by atoms with Crippen molar-refractivity contribution in [2.45, 2.75) is 58.1 Å². The molecule has 0 radical (unpaired) electrons. The molecule has 1 heterocycles. The van der Waals surface area contributed by atoms with Gasteiger partial charge in [-0.05, 0) is 33.6 Å². The first kappa shape index (κ1) is 17.1. The fourth-order valence-corrected chi connectivity index (χ4v) is 3.75. The van der Waals surface area contributed by atoms with E-state index in [1.54, 1.807) is 6.20 Å². The highest BCUT2D eigenvalue weighted by atomic mass is 32.2. The fraction of sp³-hybridized carbons (Fsp3) is 0.769. The number of imidazole rings is 1. The van der Waals surface area contributed by atoms with Gasteiger partial charge < -0.3 is 9.67 Å². The molecule has 6 nitrogen and oxygen atoms in total. The van der Waals surface area contributed by atoms with Crippen LogP contribution in [0.15, 0.2) is 11.2 Å². The molecule has 0 amide bonds. The van der Waals surface area contributed by atoms with Gasteiger partial charge in [0, 0.05) is 31.9 Å². The Kier molecular flexibility index (Phi) is 6.16. The highest BCUT2D eigenvalue weighted by molar-refractivity contribution is 7.89. The molecule has 0 unspecified atom stereocenters. The quantitative estimate of drug-likeness (QED) is 0.787. The SMILES string of the molecule is CCCn1cc(S(=O)(=O)N(CCCO)C(C)C)nc1C. The van der Waals surface area contributed by atoms with Crippen LogP contribution in [-0.4, -0.2) is 46.6 Å². The Bertz CT molecular complexity index is 523. The predicted octanol–water partition coefficient (Wildman–Crippen LogP) is 1.38. The van der Waals surface area contributed by atoms with Crippen molar-refractivity contribution in [3.05, 3.63) is 12.0 Å². The Balaban J connectivity index is 3.09. The van der Waals surface area contributed by atoms with Crippen molar-refractivity contribution in [2.75, 3.05) is 13.2 Å². The molecular weight excluding hydrogens is 278 g/mol. The average molecular weight is 303 g/mol. The lowest BCUT2D eigenvalue weighted by atomic mass is 10.3. The van der Waals surface area contributed by atoms with Crippen molar-refractivity contribution in [3.8, 4) is 0 Å². The first-order valence-electron chi connectivity index (χ1n) is 7.01. The summed E-state index contributed by atoms with van der Waals surface area (Å²) in [5, 5.41) is 9.00. The van der Waals surface area contributed by atoms with Crippen LogP contribution < -0.4 is 0 Å². The first-order valence-corrected chi connectivity index (χ1v) is 8.45. The smallest absolute Gasteiger partial charge is 0.262 e. The molecule has 116 valence electrons. The third-order valence-electron chi connectivity index (χ3n) is 3.10. The maximum Gasteiger partial charge on any atom is 0.262 e. The number of aliphatic hydroxyl groups excluding tert-OH is 1. The van der Waals surface area contributed by atoms with Crippen molar-refractivity contribution in [1.29, 1.82) is 0 Å². The summed E-state index contributed by atoms with van der Waals surface area (Å²) >= 11 is 0. The van der Waals surface area contributed by atoms with Crippen LogP contribution >= 0.6 is 0 Å². The monoisotopic (exact) mass is 303 g/mol. The van der Waals surface area contributed by atoms with E-state index in [-0.39, 0.29) is 17.7 Å². The standard InChI is InChI=1S/C13H25N3O3S/c1-5-7-15-10-13(14-12(15)4)20(18,19)16(11(2)3)8-6-9-17/h10-11,17H,5-9H2,1-4H3. The molecule has 0 aliphatic heterocycles. The van der Waals surface area contributed by atoms with Gasteiger partial charge in [-0.1, -0.05) is 6.92 Å². The summed E-state index contributed by atoms with van der Waals surface area (Å²) in [5.74, 6) is 0.705. The molecule has 1 rings (SSSR count). The van der Waals surface area contributed by atoms with Crippen LogP contribution in [0.3, 0.4) is 0 Å². The highest BCUT2D eigenvalue weighted by Gasteiger charge is 2.29. The lowest BCUT2D eigenvalue weighted by molar-refractivity contribution is 0.258.